The molecule has 13 heteroatoms. The van der Waals surface area contributed by atoms with Crippen molar-refractivity contribution in [3.63, 3.8) is 0 Å². The van der Waals surface area contributed by atoms with Crippen LogP contribution in [0.15, 0.2) is 48.7 Å². The first-order valence-corrected chi connectivity index (χ1v) is 11.3. The third kappa shape index (κ3) is 4.82. The molecule has 5 rings (SSSR count). The van der Waals surface area contributed by atoms with E-state index in [1.807, 2.05) is 11.0 Å². The molecule has 0 saturated carbocycles. The SMILES string of the molecule is Cc1nnn(-c2ccc(C(F)F)cc2)c1COc1ccc(N2CC(C(O)Nc3ccnn3C)C2)nn1. The third-order valence-corrected chi connectivity index (χ3v) is 6.13. The first-order chi connectivity index (χ1) is 17.4. The van der Waals surface area contributed by atoms with Crippen LogP contribution >= 0.6 is 0 Å². The Bertz CT molecular complexity index is 1300. The summed E-state index contributed by atoms with van der Waals surface area (Å²) in [5, 5.41) is 34.1. The number of rotatable bonds is 9. The summed E-state index contributed by atoms with van der Waals surface area (Å²) < 4.78 is 34.7. The normalized spacial score (nSPS) is 14.7. The van der Waals surface area contributed by atoms with Gasteiger partial charge in [0.15, 0.2) is 5.82 Å². The Morgan fingerprint density at radius 1 is 1.08 bits per heavy atom. The van der Waals surface area contributed by atoms with Crippen molar-refractivity contribution >= 4 is 11.6 Å². The minimum absolute atomic E-state index is 0.0446. The van der Waals surface area contributed by atoms with Crippen LogP contribution in [0.1, 0.15) is 23.4 Å². The van der Waals surface area contributed by atoms with Crippen LogP contribution < -0.4 is 15.0 Å². The van der Waals surface area contributed by atoms with Crippen LogP contribution in [0.4, 0.5) is 20.4 Å². The molecule has 1 saturated heterocycles. The molecule has 0 radical (unpaired) electrons. The Hall–Kier alpha value is -4.13. The van der Waals surface area contributed by atoms with Crippen LogP contribution in [0.5, 0.6) is 5.88 Å². The lowest BCUT2D eigenvalue weighted by Gasteiger charge is -2.42. The number of nitrogens with zero attached hydrogens (tertiary/aromatic N) is 8. The van der Waals surface area contributed by atoms with E-state index in [-0.39, 0.29) is 18.1 Å². The molecule has 1 aliphatic rings. The van der Waals surface area contributed by atoms with Crippen molar-refractivity contribution in [3.05, 3.63) is 65.6 Å². The average molecular weight is 498 g/mol. The second kappa shape index (κ2) is 9.85. The van der Waals surface area contributed by atoms with Gasteiger partial charge in [0.1, 0.15) is 24.3 Å². The predicted octanol–water partition coefficient (Wildman–Crippen LogP) is 2.48. The molecule has 3 aromatic heterocycles. The summed E-state index contributed by atoms with van der Waals surface area (Å²) in [7, 11) is 1.81. The minimum Gasteiger partial charge on any atom is -0.470 e. The fourth-order valence-electron chi connectivity index (χ4n) is 3.90. The summed E-state index contributed by atoms with van der Waals surface area (Å²) in [6.45, 7) is 3.19. The highest BCUT2D eigenvalue weighted by molar-refractivity contribution is 5.43. The number of aryl methyl sites for hydroxylation is 2. The lowest BCUT2D eigenvalue weighted by Crippen LogP contribution is -2.54. The lowest BCUT2D eigenvalue weighted by molar-refractivity contribution is 0.114. The average Bonchev–Trinajstić information content (AvgIpc) is 3.42. The van der Waals surface area contributed by atoms with Gasteiger partial charge in [-0.05, 0) is 25.1 Å². The maximum Gasteiger partial charge on any atom is 0.263 e. The zero-order valence-corrected chi connectivity index (χ0v) is 19.7. The summed E-state index contributed by atoms with van der Waals surface area (Å²) in [6, 6.07) is 11.2. The quantitative estimate of drug-likeness (QED) is 0.336. The molecule has 4 aromatic rings. The number of ether oxygens (including phenoxy) is 1. The van der Waals surface area contributed by atoms with Crippen molar-refractivity contribution in [2.45, 2.75) is 26.2 Å². The summed E-state index contributed by atoms with van der Waals surface area (Å²) >= 11 is 0. The zero-order chi connectivity index (χ0) is 25.2. The standard InChI is InChI=1S/C23H25F2N9O2/c1-14-18(34(31-28-14)17-5-3-15(4-6-17)22(24)25)13-36-21-8-7-20(29-30-21)33-11-16(12-33)23(35)27-19-9-10-26-32(19)2/h3-10,16,22-23,27,35H,11-13H2,1-2H3. The molecule has 1 atom stereocenters. The van der Waals surface area contributed by atoms with Gasteiger partial charge in [0.2, 0.25) is 5.88 Å². The van der Waals surface area contributed by atoms with Crippen molar-refractivity contribution in [2.75, 3.05) is 23.3 Å². The van der Waals surface area contributed by atoms with E-state index in [2.05, 4.69) is 30.9 Å². The minimum atomic E-state index is -2.53. The first-order valence-electron chi connectivity index (χ1n) is 11.3. The van der Waals surface area contributed by atoms with Crippen molar-refractivity contribution in [1.82, 2.24) is 35.0 Å². The molecule has 1 unspecified atom stereocenters. The number of aliphatic hydroxyl groups is 1. The van der Waals surface area contributed by atoms with Gasteiger partial charge in [-0.1, -0.05) is 17.3 Å². The topological polar surface area (TPSA) is 119 Å². The van der Waals surface area contributed by atoms with Crippen molar-refractivity contribution in [3.8, 4) is 11.6 Å². The number of anilines is 2. The fourth-order valence-corrected chi connectivity index (χ4v) is 3.90. The van der Waals surface area contributed by atoms with Crippen molar-refractivity contribution < 1.29 is 18.6 Å². The fraction of sp³-hybridized carbons (Fsp3) is 0.348. The Balaban J connectivity index is 1.16. The van der Waals surface area contributed by atoms with Gasteiger partial charge in [0.25, 0.3) is 6.43 Å². The number of hydrogen-bond donors (Lipinski definition) is 2. The highest BCUT2D eigenvalue weighted by Crippen LogP contribution is 2.26. The highest BCUT2D eigenvalue weighted by atomic mass is 19.3. The van der Waals surface area contributed by atoms with Gasteiger partial charge in [-0.2, -0.15) is 5.10 Å². The van der Waals surface area contributed by atoms with Gasteiger partial charge in [-0.3, -0.25) is 4.68 Å². The molecule has 2 N–H and O–H groups in total. The van der Waals surface area contributed by atoms with E-state index >= 15 is 0 Å². The van der Waals surface area contributed by atoms with Crippen LogP contribution in [0.3, 0.4) is 0 Å². The second-order valence-electron chi connectivity index (χ2n) is 8.54. The van der Waals surface area contributed by atoms with E-state index in [4.69, 9.17) is 4.74 Å². The number of hydrogen-bond acceptors (Lipinski definition) is 9. The zero-order valence-electron chi connectivity index (χ0n) is 19.7. The predicted molar refractivity (Wildman–Crippen MR) is 126 cm³/mol. The van der Waals surface area contributed by atoms with Crippen LogP contribution in [0.2, 0.25) is 0 Å². The van der Waals surface area contributed by atoms with Gasteiger partial charge >= 0.3 is 0 Å². The molecule has 11 nitrogen and oxygen atoms in total. The molecule has 1 fully saturated rings. The molecule has 36 heavy (non-hydrogen) atoms. The van der Waals surface area contributed by atoms with Crippen LogP contribution in [-0.4, -0.2) is 59.4 Å². The molecule has 0 amide bonds. The molecule has 0 bridgehead atoms. The van der Waals surface area contributed by atoms with Gasteiger partial charge in [0, 0.05) is 43.8 Å². The highest BCUT2D eigenvalue weighted by Gasteiger charge is 2.34. The number of alkyl halides is 2. The molecular formula is C23H25F2N9O2. The maximum atomic E-state index is 12.8. The van der Waals surface area contributed by atoms with Gasteiger partial charge in [0.05, 0.1) is 17.6 Å². The molecule has 0 spiro atoms. The van der Waals surface area contributed by atoms with Crippen LogP contribution in [0, 0.1) is 12.8 Å². The summed E-state index contributed by atoms with van der Waals surface area (Å²) in [5.41, 5.74) is 1.87. The number of benzene rings is 1. The summed E-state index contributed by atoms with van der Waals surface area (Å²) in [5.74, 6) is 1.81. The number of aliphatic hydroxyl groups excluding tert-OH is 1. The number of aromatic nitrogens is 7. The Morgan fingerprint density at radius 3 is 2.50 bits per heavy atom. The van der Waals surface area contributed by atoms with Crippen molar-refractivity contribution in [2.24, 2.45) is 13.0 Å². The van der Waals surface area contributed by atoms with E-state index in [9.17, 15) is 13.9 Å². The first kappa shape index (κ1) is 23.6. The van der Waals surface area contributed by atoms with E-state index in [0.717, 1.165) is 5.82 Å². The molecular weight excluding hydrogens is 472 g/mol. The van der Waals surface area contributed by atoms with E-state index in [0.29, 0.717) is 41.9 Å². The lowest BCUT2D eigenvalue weighted by atomic mass is 9.98. The Labute approximate surface area is 205 Å². The molecule has 1 aromatic carbocycles. The molecule has 4 heterocycles. The monoisotopic (exact) mass is 497 g/mol. The van der Waals surface area contributed by atoms with Crippen molar-refractivity contribution in [1.29, 1.82) is 0 Å². The molecule has 0 aliphatic carbocycles. The van der Waals surface area contributed by atoms with Gasteiger partial charge < -0.3 is 20.1 Å². The largest absolute Gasteiger partial charge is 0.470 e. The smallest absolute Gasteiger partial charge is 0.263 e. The Morgan fingerprint density at radius 2 is 1.86 bits per heavy atom. The van der Waals surface area contributed by atoms with E-state index in [1.165, 1.54) is 12.1 Å². The number of nitrogens with one attached hydrogen (secondary N) is 1. The second-order valence-corrected chi connectivity index (χ2v) is 8.54. The van der Waals surface area contributed by atoms with E-state index < -0.39 is 12.7 Å². The molecule has 188 valence electrons. The summed E-state index contributed by atoms with van der Waals surface area (Å²) in [6.07, 6.45) is -1.56. The Kier molecular flexibility index (Phi) is 6.46. The van der Waals surface area contributed by atoms with Crippen LogP contribution in [0.25, 0.3) is 5.69 Å². The summed E-state index contributed by atoms with van der Waals surface area (Å²) in [4.78, 5) is 2.02. The van der Waals surface area contributed by atoms with Crippen LogP contribution in [-0.2, 0) is 13.7 Å². The van der Waals surface area contributed by atoms with Gasteiger partial charge in [-0.25, -0.2) is 13.5 Å². The van der Waals surface area contributed by atoms with E-state index in [1.54, 1.807) is 53.8 Å². The maximum absolute atomic E-state index is 12.8. The number of halogens is 2. The molecule has 1 aliphatic heterocycles. The third-order valence-electron chi connectivity index (χ3n) is 6.13. The van der Waals surface area contributed by atoms with Gasteiger partial charge in [-0.15, -0.1) is 15.3 Å².